The zero-order valence-corrected chi connectivity index (χ0v) is 19.7. The number of rotatable bonds is 7. The van der Waals surface area contributed by atoms with Gasteiger partial charge in [-0.05, 0) is 54.8 Å². The first kappa shape index (κ1) is 22.0. The lowest BCUT2D eigenvalue weighted by molar-refractivity contribution is 0.169. The Morgan fingerprint density at radius 1 is 0.735 bits per heavy atom. The topological polar surface area (TPSA) is 37.2 Å². The van der Waals surface area contributed by atoms with Crippen LogP contribution < -0.4 is 5.32 Å². The van der Waals surface area contributed by atoms with Gasteiger partial charge in [0.05, 0.1) is 18.3 Å². The molecule has 0 saturated carbocycles. The molecule has 0 aliphatic heterocycles. The van der Waals surface area contributed by atoms with E-state index in [-0.39, 0.29) is 0 Å². The second-order valence-corrected chi connectivity index (χ2v) is 8.99. The lowest BCUT2D eigenvalue weighted by Gasteiger charge is -2.18. The largest absolute Gasteiger partial charge is 0.389 e. The molecular formula is C31H30N2O. The van der Waals surface area contributed by atoms with Gasteiger partial charge in [0.15, 0.2) is 0 Å². The van der Waals surface area contributed by atoms with Gasteiger partial charge in [-0.2, -0.15) is 0 Å². The molecule has 0 spiro atoms. The van der Waals surface area contributed by atoms with E-state index in [0.29, 0.717) is 13.1 Å². The predicted molar refractivity (Wildman–Crippen MR) is 143 cm³/mol. The maximum atomic E-state index is 11.1. The van der Waals surface area contributed by atoms with Gasteiger partial charge in [-0.1, -0.05) is 84.4 Å². The first-order valence-electron chi connectivity index (χ1n) is 11.8. The van der Waals surface area contributed by atoms with E-state index in [1.54, 1.807) is 0 Å². The second-order valence-electron chi connectivity index (χ2n) is 8.99. The van der Waals surface area contributed by atoms with Crippen LogP contribution in [0.1, 0.15) is 11.1 Å². The van der Waals surface area contributed by atoms with Crippen molar-refractivity contribution in [2.75, 3.05) is 11.9 Å². The van der Waals surface area contributed by atoms with Crippen molar-refractivity contribution in [2.45, 2.75) is 26.5 Å². The van der Waals surface area contributed by atoms with Gasteiger partial charge in [-0.3, -0.25) is 0 Å². The Hall–Kier alpha value is -3.82. The standard InChI is InChI=1S/C31H30N2O/c1-22-10-9-15-26(18-22)32-20-27(34)21-33-29-17-16-23(2)19-28(29)30(24-11-5-3-6-12-24)31(33)25-13-7-4-8-14-25/h3-19,27,32,34H,20-21H2,1-2H3/t27-/m0/s1. The van der Waals surface area contributed by atoms with E-state index >= 15 is 0 Å². The minimum atomic E-state index is -0.552. The molecule has 1 heterocycles. The molecule has 0 bridgehead atoms. The summed E-state index contributed by atoms with van der Waals surface area (Å²) in [6.45, 7) is 5.18. The molecule has 170 valence electrons. The van der Waals surface area contributed by atoms with E-state index in [1.165, 1.54) is 27.6 Å². The molecule has 1 atom stereocenters. The summed E-state index contributed by atoms with van der Waals surface area (Å²) in [5.74, 6) is 0. The van der Waals surface area contributed by atoms with Gasteiger partial charge < -0.3 is 15.0 Å². The number of aryl methyl sites for hydroxylation is 2. The van der Waals surface area contributed by atoms with Gasteiger partial charge in [0.2, 0.25) is 0 Å². The molecule has 1 aromatic heterocycles. The van der Waals surface area contributed by atoms with Crippen LogP contribution in [0.2, 0.25) is 0 Å². The van der Waals surface area contributed by atoms with Crippen LogP contribution in [0.5, 0.6) is 0 Å². The number of aliphatic hydroxyl groups is 1. The molecule has 0 radical (unpaired) electrons. The fourth-order valence-electron chi connectivity index (χ4n) is 4.72. The molecular weight excluding hydrogens is 416 g/mol. The summed E-state index contributed by atoms with van der Waals surface area (Å²) in [6, 6.07) is 35.9. The number of hydrogen-bond donors (Lipinski definition) is 2. The Morgan fingerprint density at radius 3 is 2.12 bits per heavy atom. The van der Waals surface area contributed by atoms with E-state index in [1.807, 2.05) is 18.2 Å². The molecule has 0 saturated heterocycles. The molecule has 2 N–H and O–H groups in total. The molecule has 0 aliphatic carbocycles. The van der Waals surface area contributed by atoms with Gasteiger partial charge in [-0.15, -0.1) is 0 Å². The van der Waals surface area contributed by atoms with Crippen LogP contribution in [-0.2, 0) is 6.54 Å². The number of anilines is 1. The average Bonchev–Trinajstić information content (AvgIpc) is 3.17. The molecule has 0 aliphatic rings. The van der Waals surface area contributed by atoms with E-state index in [0.717, 1.165) is 22.5 Å². The predicted octanol–water partition coefficient (Wildman–Crippen LogP) is 7.07. The Balaban J connectivity index is 1.60. The SMILES string of the molecule is Cc1cccc(NC[C@H](O)Cn2c(-c3ccccc3)c(-c3ccccc3)c3cc(C)ccc32)c1. The fraction of sp³-hybridized carbons (Fsp3) is 0.161. The highest BCUT2D eigenvalue weighted by Crippen LogP contribution is 2.41. The van der Waals surface area contributed by atoms with Gasteiger partial charge in [0.1, 0.15) is 0 Å². The fourth-order valence-corrected chi connectivity index (χ4v) is 4.72. The lowest BCUT2D eigenvalue weighted by Crippen LogP contribution is -2.25. The third-order valence-corrected chi connectivity index (χ3v) is 6.28. The summed E-state index contributed by atoms with van der Waals surface area (Å²) in [6.07, 6.45) is -0.552. The Morgan fingerprint density at radius 2 is 1.41 bits per heavy atom. The average molecular weight is 447 g/mol. The van der Waals surface area contributed by atoms with Crippen LogP contribution in [0.4, 0.5) is 5.69 Å². The van der Waals surface area contributed by atoms with E-state index in [9.17, 15) is 5.11 Å². The van der Waals surface area contributed by atoms with Crippen molar-refractivity contribution < 1.29 is 5.11 Å². The quantitative estimate of drug-likeness (QED) is 0.281. The van der Waals surface area contributed by atoms with Crippen molar-refractivity contribution in [3.05, 3.63) is 114 Å². The highest BCUT2D eigenvalue weighted by atomic mass is 16.3. The smallest absolute Gasteiger partial charge is 0.0891 e. The third kappa shape index (κ3) is 4.48. The summed E-state index contributed by atoms with van der Waals surface area (Å²) in [7, 11) is 0. The number of nitrogens with one attached hydrogen (secondary N) is 1. The third-order valence-electron chi connectivity index (χ3n) is 6.28. The number of fused-ring (bicyclic) bond motifs is 1. The van der Waals surface area contributed by atoms with Gasteiger partial charge in [0, 0.05) is 28.7 Å². The molecule has 0 unspecified atom stereocenters. The summed E-state index contributed by atoms with van der Waals surface area (Å²) >= 11 is 0. The van der Waals surface area contributed by atoms with Gasteiger partial charge in [0.25, 0.3) is 0 Å². The lowest BCUT2D eigenvalue weighted by atomic mass is 9.98. The minimum Gasteiger partial charge on any atom is -0.389 e. The first-order chi connectivity index (χ1) is 16.6. The molecule has 3 nitrogen and oxygen atoms in total. The number of benzene rings is 4. The number of nitrogens with zero attached hydrogens (tertiary/aromatic N) is 1. The van der Waals surface area contributed by atoms with Gasteiger partial charge in [-0.25, -0.2) is 0 Å². The number of aromatic nitrogens is 1. The van der Waals surface area contributed by atoms with Crippen molar-refractivity contribution in [3.63, 3.8) is 0 Å². The number of aliphatic hydroxyl groups excluding tert-OH is 1. The zero-order chi connectivity index (χ0) is 23.5. The van der Waals surface area contributed by atoms with E-state index < -0.39 is 6.10 Å². The molecule has 3 heteroatoms. The Kier molecular flexibility index (Phi) is 6.20. The molecule has 4 aromatic carbocycles. The summed E-state index contributed by atoms with van der Waals surface area (Å²) in [5.41, 5.74) is 9.27. The summed E-state index contributed by atoms with van der Waals surface area (Å²) in [4.78, 5) is 0. The Bertz CT molecular complexity index is 1400. The van der Waals surface area contributed by atoms with E-state index in [4.69, 9.17) is 0 Å². The van der Waals surface area contributed by atoms with Crippen molar-refractivity contribution in [1.29, 1.82) is 0 Å². The first-order valence-corrected chi connectivity index (χ1v) is 11.8. The highest BCUT2D eigenvalue weighted by molar-refractivity contribution is 6.04. The maximum Gasteiger partial charge on any atom is 0.0891 e. The second kappa shape index (κ2) is 9.58. The molecule has 5 aromatic rings. The molecule has 5 rings (SSSR count). The van der Waals surface area contributed by atoms with Crippen LogP contribution in [-0.4, -0.2) is 22.3 Å². The molecule has 0 fully saturated rings. The molecule has 0 amide bonds. The maximum absolute atomic E-state index is 11.1. The minimum absolute atomic E-state index is 0.476. The van der Waals surface area contributed by atoms with Crippen molar-refractivity contribution >= 4 is 16.6 Å². The van der Waals surface area contributed by atoms with Crippen LogP contribution in [0.3, 0.4) is 0 Å². The highest BCUT2D eigenvalue weighted by Gasteiger charge is 2.21. The normalized spacial score (nSPS) is 12.1. The molecule has 34 heavy (non-hydrogen) atoms. The summed E-state index contributed by atoms with van der Waals surface area (Å²) in [5, 5.41) is 15.7. The van der Waals surface area contributed by atoms with Crippen LogP contribution >= 0.6 is 0 Å². The number of hydrogen-bond acceptors (Lipinski definition) is 2. The van der Waals surface area contributed by atoms with Crippen molar-refractivity contribution in [1.82, 2.24) is 4.57 Å². The van der Waals surface area contributed by atoms with Crippen molar-refractivity contribution in [2.24, 2.45) is 0 Å². The summed E-state index contributed by atoms with van der Waals surface area (Å²) < 4.78 is 2.29. The zero-order valence-electron chi connectivity index (χ0n) is 19.7. The van der Waals surface area contributed by atoms with Crippen LogP contribution in [0, 0.1) is 13.8 Å². The van der Waals surface area contributed by atoms with Crippen LogP contribution in [0.15, 0.2) is 103 Å². The monoisotopic (exact) mass is 446 g/mol. The van der Waals surface area contributed by atoms with Crippen molar-refractivity contribution in [3.8, 4) is 22.4 Å². The van der Waals surface area contributed by atoms with E-state index in [2.05, 4.69) is 109 Å². The Labute approximate surface area is 201 Å². The van der Waals surface area contributed by atoms with Gasteiger partial charge >= 0.3 is 0 Å². The van der Waals surface area contributed by atoms with Crippen LogP contribution in [0.25, 0.3) is 33.3 Å².